The Morgan fingerprint density at radius 2 is 2.35 bits per heavy atom. The summed E-state index contributed by atoms with van der Waals surface area (Å²) in [5.74, 6) is 1.39. The molecule has 1 aliphatic rings. The molecule has 2 nitrogen and oxygen atoms in total. The van der Waals surface area contributed by atoms with Gasteiger partial charge in [-0.05, 0) is 56.7 Å². The molecular formula is C11H12Br2ClNOS. The van der Waals surface area contributed by atoms with Crippen LogP contribution in [0.5, 0.6) is 0 Å². The van der Waals surface area contributed by atoms with Crippen LogP contribution in [0, 0.1) is 5.92 Å². The Kier molecular flexibility index (Phi) is 4.92. The zero-order valence-corrected chi connectivity index (χ0v) is 13.8. The summed E-state index contributed by atoms with van der Waals surface area (Å²) in [4.78, 5) is 14.9. The van der Waals surface area contributed by atoms with Gasteiger partial charge in [0.1, 0.15) is 0 Å². The summed E-state index contributed by atoms with van der Waals surface area (Å²) >= 11 is 14.0. The van der Waals surface area contributed by atoms with E-state index in [-0.39, 0.29) is 5.91 Å². The van der Waals surface area contributed by atoms with Crippen molar-refractivity contribution >= 4 is 60.7 Å². The molecule has 94 valence electrons. The van der Waals surface area contributed by atoms with Crippen LogP contribution in [-0.4, -0.2) is 29.8 Å². The third-order valence-corrected chi connectivity index (χ3v) is 6.41. The number of carbonyl (C=O) groups is 1. The van der Waals surface area contributed by atoms with Crippen LogP contribution < -0.4 is 0 Å². The maximum atomic E-state index is 12.2. The summed E-state index contributed by atoms with van der Waals surface area (Å²) in [7, 11) is 0. The highest BCUT2D eigenvalue weighted by Gasteiger charge is 2.27. The third-order valence-electron chi connectivity index (χ3n) is 2.95. The lowest BCUT2D eigenvalue weighted by molar-refractivity contribution is 0.0791. The van der Waals surface area contributed by atoms with E-state index < -0.39 is 0 Å². The topological polar surface area (TPSA) is 20.3 Å². The predicted octanol–water partition coefficient (Wildman–Crippen LogP) is 4.36. The minimum Gasteiger partial charge on any atom is -0.338 e. The molecule has 1 unspecified atom stereocenters. The van der Waals surface area contributed by atoms with E-state index >= 15 is 0 Å². The Morgan fingerprint density at radius 3 is 2.94 bits per heavy atom. The quantitative estimate of drug-likeness (QED) is 0.689. The molecule has 1 atom stereocenters. The molecule has 1 fully saturated rings. The van der Waals surface area contributed by atoms with E-state index in [2.05, 4.69) is 31.9 Å². The third kappa shape index (κ3) is 3.25. The van der Waals surface area contributed by atoms with Gasteiger partial charge in [0.25, 0.3) is 5.91 Å². The first-order valence-corrected chi connectivity index (χ1v) is 8.35. The van der Waals surface area contributed by atoms with E-state index in [0.717, 1.165) is 39.1 Å². The largest absolute Gasteiger partial charge is 0.338 e. The molecule has 2 heterocycles. The van der Waals surface area contributed by atoms with Gasteiger partial charge in [-0.15, -0.1) is 22.9 Å². The van der Waals surface area contributed by atoms with Gasteiger partial charge in [-0.2, -0.15) is 0 Å². The number of hydrogen-bond acceptors (Lipinski definition) is 2. The molecule has 1 saturated heterocycles. The van der Waals surface area contributed by atoms with Crippen molar-refractivity contribution in [2.75, 3.05) is 19.0 Å². The number of thiophene rings is 1. The van der Waals surface area contributed by atoms with Gasteiger partial charge in [-0.1, -0.05) is 0 Å². The fourth-order valence-corrected chi connectivity index (χ4v) is 4.33. The Morgan fingerprint density at radius 1 is 1.59 bits per heavy atom. The van der Waals surface area contributed by atoms with Crippen LogP contribution in [0.1, 0.15) is 22.5 Å². The van der Waals surface area contributed by atoms with Crippen LogP contribution in [0.3, 0.4) is 0 Å². The van der Waals surface area contributed by atoms with Crippen LogP contribution in [0.25, 0.3) is 0 Å². The van der Waals surface area contributed by atoms with Crippen molar-refractivity contribution in [3.05, 3.63) is 19.2 Å². The van der Waals surface area contributed by atoms with E-state index in [4.69, 9.17) is 11.6 Å². The maximum absolute atomic E-state index is 12.2. The molecule has 1 aliphatic heterocycles. The van der Waals surface area contributed by atoms with Crippen LogP contribution in [0.2, 0.25) is 0 Å². The molecule has 0 bridgehead atoms. The van der Waals surface area contributed by atoms with Gasteiger partial charge in [-0.25, -0.2) is 0 Å². The lowest BCUT2D eigenvalue weighted by atomic mass is 10.1. The zero-order chi connectivity index (χ0) is 12.4. The molecule has 0 spiro atoms. The van der Waals surface area contributed by atoms with Crippen molar-refractivity contribution < 1.29 is 4.79 Å². The zero-order valence-electron chi connectivity index (χ0n) is 9.09. The number of likely N-dealkylation sites (tertiary alicyclic amines) is 1. The molecule has 1 aromatic rings. The first-order valence-electron chi connectivity index (χ1n) is 5.42. The fraction of sp³-hybridized carbons (Fsp3) is 0.545. The minimum absolute atomic E-state index is 0.137. The normalized spacial score (nSPS) is 19.9. The molecule has 0 N–H and O–H groups in total. The molecule has 0 aromatic carbocycles. The van der Waals surface area contributed by atoms with Crippen molar-refractivity contribution in [3.63, 3.8) is 0 Å². The summed E-state index contributed by atoms with van der Waals surface area (Å²) in [6.07, 6.45) is 2.08. The molecule has 6 heteroatoms. The standard InChI is InChI=1S/C11H12Br2ClNOS/c12-8-5-9(17-10(8)13)11(16)15-4-2-7(6-15)1-3-14/h5,7H,1-4,6H2. The second kappa shape index (κ2) is 6.04. The lowest BCUT2D eigenvalue weighted by Crippen LogP contribution is -2.28. The van der Waals surface area contributed by atoms with Gasteiger partial charge >= 0.3 is 0 Å². The van der Waals surface area contributed by atoms with Crippen LogP contribution in [-0.2, 0) is 0 Å². The van der Waals surface area contributed by atoms with Crippen molar-refractivity contribution in [3.8, 4) is 0 Å². The molecule has 0 aliphatic carbocycles. The SMILES string of the molecule is O=C(c1cc(Br)c(Br)s1)N1CCC(CCCl)C1. The minimum atomic E-state index is 0.137. The smallest absolute Gasteiger partial charge is 0.264 e. The van der Waals surface area contributed by atoms with E-state index in [1.807, 2.05) is 11.0 Å². The highest BCUT2D eigenvalue weighted by molar-refractivity contribution is 9.13. The van der Waals surface area contributed by atoms with Crippen LogP contribution in [0.4, 0.5) is 0 Å². The summed E-state index contributed by atoms with van der Waals surface area (Å²) in [5, 5.41) is 0. The lowest BCUT2D eigenvalue weighted by Gasteiger charge is -2.15. The summed E-state index contributed by atoms with van der Waals surface area (Å²) in [6, 6.07) is 1.88. The van der Waals surface area contributed by atoms with E-state index in [1.54, 1.807) is 0 Å². The Labute approximate surface area is 127 Å². The van der Waals surface area contributed by atoms with E-state index in [0.29, 0.717) is 11.8 Å². The molecule has 1 aromatic heterocycles. The van der Waals surface area contributed by atoms with Crippen LogP contribution in [0.15, 0.2) is 14.3 Å². The predicted molar refractivity (Wildman–Crippen MR) is 79.1 cm³/mol. The summed E-state index contributed by atoms with van der Waals surface area (Å²) in [6.45, 7) is 1.70. The van der Waals surface area contributed by atoms with E-state index in [1.165, 1.54) is 11.3 Å². The van der Waals surface area contributed by atoms with Gasteiger partial charge < -0.3 is 4.90 Å². The van der Waals surface area contributed by atoms with Gasteiger partial charge in [0.05, 0.1) is 8.66 Å². The van der Waals surface area contributed by atoms with E-state index in [9.17, 15) is 4.79 Å². The molecule has 0 radical (unpaired) electrons. The number of amides is 1. The molecule has 17 heavy (non-hydrogen) atoms. The number of nitrogens with zero attached hydrogens (tertiary/aromatic N) is 1. The van der Waals surface area contributed by atoms with Crippen molar-refractivity contribution in [2.24, 2.45) is 5.92 Å². The van der Waals surface area contributed by atoms with Gasteiger partial charge in [0, 0.05) is 23.4 Å². The Bertz CT molecular complexity index is 404. The summed E-state index contributed by atoms with van der Waals surface area (Å²) < 4.78 is 1.92. The van der Waals surface area contributed by atoms with Crippen LogP contribution >= 0.6 is 54.8 Å². The molecule has 1 amide bonds. The molecule has 0 saturated carbocycles. The second-order valence-corrected chi connectivity index (χ2v) is 7.72. The van der Waals surface area contributed by atoms with Gasteiger partial charge in [0.15, 0.2) is 0 Å². The highest BCUT2D eigenvalue weighted by atomic mass is 79.9. The van der Waals surface area contributed by atoms with Crippen molar-refractivity contribution in [2.45, 2.75) is 12.8 Å². The molecule has 2 rings (SSSR count). The highest BCUT2D eigenvalue weighted by Crippen LogP contribution is 2.34. The monoisotopic (exact) mass is 399 g/mol. The number of rotatable bonds is 3. The maximum Gasteiger partial charge on any atom is 0.264 e. The first kappa shape index (κ1) is 13.8. The number of halogens is 3. The Balaban J connectivity index is 2.02. The number of carbonyl (C=O) groups excluding carboxylic acids is 1. The van der Waals surface area contributed by atoms with Crippen molar-refractivity contribution in [1.29, 1.82) is 0 Å². The summed E-state index contributed by atoms with van der Waals surface area (Å²) in [5.41, 5.74) is 0. The average molecular weight is 402 g/mol. The first-order chi connectivity index (χ1) is 8.11. The number of hydrogen-bond donors (Lipinski definition) is 0. The Hall–Kier alpha value is 0.420. The second-order valence-electron chi connectivity index (χ2n) is 4.12. The molecular weight excluding hydrogens is 389 g/mol. The van der Waals surface area contributed by atoms with Gasteiger partial charge in [0.2, 0.25) is 0 Å². The van der Waals surface area contributed by atoms with Crippen molar-refractivity contribution in [1.82, 2.24) is 4.90 Å². The van der Waals surface area contributed by atoms with Gasteiger partial charge in [-0.3, -0.25) is 4.79 Å². The average Bonchev–Trinajstić information content (AvgIpc) is 2.87. The number of alkyl halides is 1. The fourth-order valence-electron chi connectivity index (χ4n) is 2.01.